The lowest BCUT2D eigenvalue weighted by Crippen LogP contribution is -2.31. The first-order chi connectivity index (χ1) is 12.6. The number of nitrogens with one attached hydrogen (secondary N) is 1. The Balaban J connectivity index is 2.13. The van der Waals surface area contributed by atoms with Crippen LogP contribution in [0.3, 0.4) is 0 Å². The third kappa shape index (κ3) is 3.87. The van der Waals surface area contributed by atoms with Gasteiger partial charge in [0.2, 0.25) is 0 Å². The quantitative estimate of drug-likeness (QED) is 0.607. The molecule has 2 aromatic rings. The molecule has 1 heterocycles. The summed E-state index contributed by atoms with van der Waals surface area (Å²) < 4.78 is 19.2. The number of rotatable bonds is 6. The van der Waals surface area contributed by atoms with Crippen molar-refractivity contribution in [2.45, 2.75) is 26.3 Å². The van der Waals surface area contributed by atoms with Crippen LogP contribution in [0.15, 0.2) is 33.2 Å². The molecule has 0 bridgehead atoms. The van der Waals surface area contributed by atoms with E-state index in [1.54, 1.807) is 7.11 Å². The second-order valence-electron chi connectivity index (χ2n) is 6.01. The molecule has 0 amide bonds. The van der Waals surface area contributed by atoms with Crippen LogP contribution >= 0.6 is 31.9 Å². The van der Waals surface area contributed by atoms with Crippen molar-refractivity contribution in [3.05, 3.63) is 49.9 Å². The van der Waals surface area contributed by atoms with Crippen LogP contribution in [-0.2, 0) is 6.42 Å². The van der Waals surface area contributed by atoms with Crippen molar-refractivity contribution < 1.29 is 14.2 Å². The predicted octanol–water partition coefficient (Wildman–Crippen LogP) is 5.25. The number of ether oxygens (including phenoxy) is 3. The highest BCUT2D eigenvalue weighted by atomic mass is 79.9. The highest BCUT2D eigenvalue weighted by Gasteiger charge is 2.27. The van der Waals surface area contributed by atoms with Gasteiger partial charge >= 0.3 is 0 Å². The predicted molar refractivity (Wildman–Crippen MR) is 111 cm³/mol. The van der Waals surface area contributed by atoms with Crippen LogP contribution < -0.4 is 19.5 Å². The molecule has 0 aliphatic carbocycles. The van der Waals surface area contributed by atoms with E-state index in [1.807, 2.05) is 19.9 Å². The average molecular weight is 485 g/mol. The lowest BCUT2D eigenvalue weighted by atomic mass is 9.89. The first-order valence-corrected chi connectivity index (χ1v) is 10.4. The highest BCUT2D eigenvalue weighted by Crippen LogP contribution is 2.43. The Labute approximate surface area is 171 Å². The second-order valence-corrected chi connectivity index (χ2v) is 7.78. The van der Waals surface area contributed by atoms with E-state index in [0.29, 0.717) is 13.2 Å². The zero-order chi connectivity index (χ0) is 18.7. The Kier molecular flexibility index (Phi) is 6.48. The SMILES string of the molecule is CCOc1cc2c(cc1OCC)C(c1cc(Br)cc(Br)c1OC)NCC2. The van der Waals surface area contributed by atoms with E-state index in [0.717, 1.165) is 44.7 Å². The summed E-state index contributed by atoms with van der Waals surface area (Å²) in [6.45, 7) is 6.09. The monoisotopic (exact) mass is 483 g/mol. The average Bonchev–Trinajstić information content (AvgIpc) is 2.61. The molecular weight excluding hydrogens is 462 g/mol. The van der Waals surface area contributed by atoms with Crippen molar-refractivity contribution in [3.63, 3.8) is 0 Å². The molecule has 0 fully saturated rings. The first kappa shape index (κ1) is 19.5. The minimum atomic E-state index is 0.0254. The molecular formula is C20H23Br2NO3. The van der Waals surface area contributed by atoms with Crippen LogP contribution in [0.5, 0.6) is 17.2 Å². The van der Waals surface area contributed by atoms with Gasteiger partial charge in [-0.2, -0.15) is 0 Å². The summed E-state index contributed by atoms with van der Waals surface area (Å²) in [5, 5.41) is 3.62. The second kappa shape index (κ2) is 8.63. The minimum Gasteiger partial charge on any atom is -0.495 e. The molecule has 0 aromatic heterocycles. The zero-order valence-corrected chi connectivity index (χ0v) is 18.4. The molecule has 4 nitrogen and oxygen atoms in total. The topological polar surface area (TPSA) is 39.7 Å². The summed E-state index contributed by atoms with van der Waals surface area (Å²) in [5.74, 6) is 2.44. The van der Waals surface area contributed by atoms with E-state index in [9.17, 15) is 0 Å². The van der Waals surface area contributed by atoms with Crippen molar-refractivity contribution in [2.24, 2.45) is 0 Å². The molecule has 1 aliphatic heterocycles. The summed E-state index contributed by atoms with van der Waals surface area (Å²) in [5.41, 5.74) is 3.56. The van der Waals surface area contributed by atoms with Gasteiger partial charge in [-0.05, 0) is 71.6 Å². The van der Waals surface area contributed by atoms with Crippen LogP contribution in [-0.4, -0.2) is 26.9 Å². The Morgan fingerprint density at radius 2 is 1.69 bits per heavy atom. The van der Waals surface area contributed by atoms with Crippen LogP contribution in [0.2, 0.25) is 0 Å². The van der Waals surface area contributed by atoms with Crippen molar-refractivity contribution in [3.8, 4) is 17.2 Å². The smallest absolute Gasteiger partial charge is 0.161 e. The highest BCUT2D eigenvalue weighted by molar-refractivity contribution is 9.11. The van der Waals surface area contributed by atoms with Gasteiger partial charge < -0.3 is 19.5 Å². The Hall–Kier alpha value is -1.24. The molecule has 0 saturated heterocycles. The zero-order valence-electron chi connectivity index (χ0n) is 15.2. The summed E-state index contributed by atoms with van der Waals surface area (Å²) in [7, 11) is 1.70. The Bertz CT molecular complexity index is 795. The van der Waals surface area contributed by atoms with Gasteiger partial charge in [-0.1, -0.05) is 15.9 Å². The maximum absolute atomic E-state index is 5.84. The number of halogens is 2. The van der Waals surface area contributed by atoms with Gasteiger partial charge in [0, 0.05) is 16.6 Å². The van der Waals surface area contributed by atoms with Gasteiger partial charge in [0.05, 0.1) is 30.8 Å². The van der Waals surface area contributed by atoms with Crippen molar-refractivity contribution >= 4 is 31.9 Å². The number of methoxy groups -OCH3 is 1. The van der Waals surface area contributed by atoms with Crippen molar-refractivity contribution in [2.75, 3.05) is 26.9 Å². The van der Waals surface area contributed by atoms with Gasteiger partial charge in [0.1, 0.15) is 5.75 Å². The Morgan fingerprint density at radius 1 is 1.00 bits per heavy atom. The van der Waals surface area contributed by atoms with E-state index in [4.69, 9.17) is 14.2 Å². The maximum atomic E-state index is 5.84. The lowest BCUT2D eigenvalue weighted by Gasteiger charge is -2.30. The van der Waals surface area contributed by atoms with Crippen LogP contribution in [0.25, 0.3) is 0 Å². The Morgan fingerprint density at radius 3 is 2.35 bits per heavy atom. The molecule has 1 unspecified atom stereocenters. The van der Waals surface area contributed by atoms with Crippen molar-refractivity contribution in [1.82, 2.24) is 5.32 Å². The molecule has 1 N–H and O–H groups in total. The van der Waals surface area contributed by atoms with Gasteiger partial charge in [-0.15, -0.1) is 0 Å². The summed E-state index contributed by atoms with van der Waals surface area (Å²) in [6.07, 6.45) is 0.954. The van der Waals surface area contributed by atoms with Gasteiger partial charge in [0.15, 0.2) is 11.5 Å². The molecule has 1 aliphatic rings. The first-order valence-electron chi connectivity index (χ1n) is 8.77. The largest absolute Gasteiger partial charge is 0.495 e. The molecule has 0 spiro atoms. The van der Waals surface area contributed by atoms with Crippen LogP contribution in [0, 0.1) is 0 Å². The maximum Gasteiger partial charge on any atom is 0.161 e. The molecule has 2 aromatic carbocycles. The lowest BCUT2D eigenvalue weighted by molar-refractivity contribution is 0.286. The minimum absolute atomic E-state index is 0.0254. The molecule has 1 atom stereocenters. The number of hydrogen-bond acceptors (Lipinski definition) is 4. The molecule has 140 valence electrons. The van der Waals surface area contributed by atoms with Crippen LogP contribution in [0.4, 0.5) is 0 Å². The van der Waals surface area contributed by atoms with Gasteiger partial charge in [0.25, 0.3) is 0 Å². The van der Waals surface area contributed by atoms with Gasteiger partial charge in [-0.3, -0.25) is 0 Å². The number of fused-ring (bicyclic) bond motifs is 1. The third-order valence-corrected chi connectivity index (χ3v) is 5.46. The summed E-state index contributed by atoms with van der Waals surface area (Å²) in [4.78, 5) is 0. The normalized spacial score (nSPS) is 16.1. The molecule has 0 saturated carbocycles. The fourth-order valence-electron chi connectivity index (χ4n) is 3.39. The molecule has 3 rings (SSSR count). The van der Waals surface area contributed by atoms with E-state index in [-0.39, 0.29) is 6.04 Å². The third-order valence-electron chi connectivity index (χ3n) is 4.41. The summed E-state index contributed by atoms with van der Waals surface area (Å²) in [6, 6.07) is 8.35. The van der Waals surface area contributed by atoms with Crippen molar-refractivity contribution in [1.29, 1.82) is 0 Å². The fourth-order valence-corrected chi connectivity index (χ4v) is 4.81. The fraction of sp³-hybridized carbons (Fsp3) is 0.400. The van der Waals surface area contributed by atoms with E-state index < -0.39 is 0 Å². The summed E-state index contributed by atoms with van der Waals surface area (Å²) >= 11 is 7.21. The number of hydrogen-bond donors (Lipinski definition) is 1. The standard InChI is InChI=1S/C20H23Br2NO3/c1-4-25-17-8-12-6-7-23-19(14(12)11-18(17)26-5-2)15-9-13(21)10-16(22)20(15)24-3/h8-11,19,23H,4-7H2,1-3H3. The molecule has 6 heteroatoms. The van der Waals surface area contributed by atoms with Gasteiger partial charge in [-0.25, -0.2) is 0 Å². The molecule has 0 radical (unpaired) electrons. The number of benzene rings is 2. The van der Waals surface area contributed by atoms with Crippen LogP contribution in [0.1, 0.15) is 36.6 Å². The van der Waals surface area contributed by atoms with E-state index >= 15 is 0 Å². The van der Waals surface area contributed by atoms with E-state index in [1.165, 1.54) is 11.1 Å². The molecule has 26 heavy (non-hydrogen) atoms. The van der Waals surface area contributed by atoms with E-state index in [2.05, 4.69) is 55.4 Å².